The highest BCUT2D eigenvalue weighted by molar-refractivity contribution is 5.14. The van der Waals surface area contributed by atoms with Crippen molar-refractivity contribution in [3.05, 3.63) is 18.0 Å². The Morgan fingerprint density at radius 2 is 1.94 bits per heavy atom. The highest BCUT2D eigenvalue weighted by Gasteiger charge is 2.63. The van der Waals surface area contributed by atoms with E-state index in [2.05, 4.69) is 51.2 Å². The molecule has 3 nitrogen and oxygen atoms in total. The van der Waals surface area contributed by atoms with E-state index < -0.39 is 0 Å². The molecule has 1 heterocycles. The predicted molar refractivity (Wildman–Crippen MR) is 70.7 cm³/mol. The average molecular weight is 235 g/mol. The molecule has 1 aromatic heterocycles. The fraction of sp³-hybridized carbons (Fsp3) is 0.786. The van der Waals surface area contributed by atoms with Crippen molar-refractivity contribution in [2.45, 2.75) is 40.7 Å². The quantitative estimate of drug-likeness (QED) is 0.869. The van der Waals surface area contributed by atoms with Crippen LogP contribution in [0.3, 0.4) is 0 Å². The van der Waals surface area contributed by atoms with Gasteiger partial charge in [0.1, 0.15) is 0 Å². The Morgan fingerprint density at radius 3 is 2.35 bits per heavy atom. The molecule has 1 N–H and O–H groups in total. The van der Waals surface area contributed by atoms with E-state index in [1.807, 2.05) is 17.9 Å². The Labute approximate surface area is 105 Å². The molecule has 0 aliphatic heterocycles. The minimum absolute atomic E-state index is 0.385. The second kappa shape index (κ2) is 3.84. The summed E-state index contributed by atoms with van der Waals surface area (Å²) in [5, 5.41) is 7.85. The number of hydrogen-bond acceptors (Lipinski definition) is 2. The van der Waals surface area contributed by atoms with E-state index in [4.69, 9.17) is 0 Å². The Kier molecular flexibility index (Phi) is 2.85. The van der Waals surface area contributed by atoms with Crippen LogP contribution in [0, 0.1) is 16.7 Å². The van der Waals surface area contributed by atoms with E-state index in [-0.39, 0.29) is 0 Å². The lowest BCUT2D eigenvalue weighted by atomic mass is 10.0. The zero-order chi connectivity index (χ0) is 12.8. The van der Waals surface area contributed by atoms with E-state index in [1.54, 1.807) is 0 Å². The molecule has 2 rings (SSSR count). The number of nitrogens with one attached hydrogen (secondary N) is 1. The highest BCUT2D eigenvalue weighted by atomic mass is 15.2. The van der Waals surface area contributed by atoms with Gasteiger partial charge in [-0.2, -0.15) is 5.10 Å². The van der Waals surface area contributed by atoms with Crippen LogP contribution in [-0.2, 0) is 7.05 Å². The lowest BCUT2D eigenvalue weighted by Crippen LogP contribution is -2.22. The lowest BCUT2D eigenvalue weighted by molar-refractivity contribution is 0.457. The van der Waals surface area contributed by atoms with Crippen LogP contribution in [0.1, 0.15) is 46.2 Å². The number of rotatable bonds is 4. The summed E-state index contributed by atoms with van der Waals surface area (Å²) in [6, 6.07) is 0.385. The van der Waals surface area contributed by atoms with Crippen molar-refractivity contribution >= 4 is 0 Å². The molecule has 0 spiro atoms. The first-order valence-corrected chi connectivity index (χ1v) is 6.48. The summed E-state index contributed by atoms with van der Waals surface area (Å²) in [7, 11) is 1.96. The zero-order valence-corrected chi connectivity index (χ0v) is 11.9. The van der Waals surface area contributed by atoms with Crippen molar-refractivity contribution in [3.8, 4) is 0 Å². The average Bonchev–Trinajstić information content (AvgIpc) is 2.55. The standard InChI is InChI=1S/C14H25N3/c1-10(11-7-16-17(6)9-11)15-8-12-13(2,3)14(12,4)5/h7,9-10,12,15H,8H2,1-6H3. The first-order chi connectivity index (χ1) is 7.76. The van der Waals surface area contributed by atoms with Crippen molar-refractivity contribution in [3.63, 3.8) is 0 Å². The van der Waals surface area contributed by atoms with Gasteiger partial charge in [-0.05, 0) is 30.2 Å². The van der Waals surface area contributed by atoms with E-state index in [0.717, 1.165) is 12.5 Å². The van der Waals surface area contributed by atoms with Gasteiger partial charge >= 0.3 is 0 Å². The normalized spacial score (nSPS) is 23.6. The Hall–Kier alpha value is -0.830. The molecule has 1 aromatic rings. The highest BCUT2D eigenvalue weighted by Crippen LogP contribution is 2.68. The van der Waals surface area contributed by atoms with E-state index in [1.165, 1.54) is 5.56 Å². The first kappa shape index (κ1) is 12.6. The van der Waals surface area contributed by atoms with Crippen LogP contribution in [0.15, 0.2) is 12.4 Å². The van der Waals surface area contributed by atoms with E-state index in [0.29, 0.717) is 16.9 Å². The van der Waals surface area contributed by atoms with Gasteiger partial charge in [-0.3, -0.25) is 4.68 Å². The topological polar surface area (TPSA) is 29.9 Å². The zero-order valence-electron chi connectivity index (χ0n) is 11.9. The molecule has 0 aromatic carbocycles. The number of nitrogens with zero attached hydrogens (tertiary/aromatic N) is 2. The van der Waals surface area contributed by atoms with Gasteiger partial charge in [-0.1, -0.05) is 27.7 Å². The smallest absolute Gasteiger partial charge is 0.0537 e. The summed E-state index contributed by atoms with van der Waals surface area (Å²) in [4.78, 5) is 0. The van der Waals surface area contributed by atoms with Gasteiger partial charge in [-0.15, -0.1) is 0 Å². The maximum Gasteiger partial charge on any atom is 0.0537 e. The van der Waals surface area contributed by atoms with Gasteiger partial charge in [0, 0.05) is 24.8 Å². The van der Waals surface area contributed by atoms with Gasteiger partial charge in [0.05, 0.1) is 6.20 Å². The SMILES string of the molecule is CC(NCC1C(C)(C)C1(C)C)c1cnn(C)c1. The molecule has 0 amide bonds. The second-order valence-corrected chi connectivity index (χ2v) is 6.57. The molecule has 1 atom stereocenters. The third-order valence-corrected chi connectivity index (χ3v) is 5.17. The molecule has 0 saturated heterocycles. The minimum atomic E-state index is 0.385. The molecule has 17 heavy (non-hydrogen) atoms. The monoisotopic (exact) mass is 235 g/mol. The molecule has 0 bridgehead atoms. The lowest BCUT2D eigenvalue weighted by Gasteiger charge is -2.12. The summed E-state index contributed by atoms with van der Waals surface area (Å²) < 4.78 is 1.86. The fourth-order valence-electron chi connectivity index (χ4n) is 2.92. The largest absolute Gasteiger partial charge is 0.310 e. The van der Waals surface area contributed by atoms with E-state index >= 15 is 0 Å². The van der Waals surface area contributed by atoms with Crippen molar-refractivity contribution in [1.82, 2.24) is 15.1 Å². The first-order valence-electron chi connectivity index (χ1n) is 6.48. The van der Waals surface area contributed by atoms with Crippen LogP contribution in [0.2, 0.25) is 0 Å². The van der Waals surface area contributed by atoms with Gasteiger partial charge < -0.3 is 5.32 Å². The minimum Gasteiger partial charge on any atom is -0.310 e. The molecule has 96 valence electrons. The number of aryl methyl sites for hydroxylation is 1. The third kappa shape index (κ3) is 2.01. The predicted octanol–water partition coefficient (Wildman–Crippen LogP) is 2.75. The van der Waals surface area contributed by atoms with Crippen molar-refractivity contribution < 1.29 is 0 Å². The molecule has 1 fully saturated rings. The van der Waals surface area contributed by atoms with Crippen LogP contribution in [-0.4, -0.2) is 16.3 Å². The van der Waals surface area contributed by atoms with Crippen molar-refractivity contribution in [2.24, 2.45) is 23.8 Å². The molecular formula is C14H25N3. The van der Waals surface area contributed by atoms with Crippen molar-refractivity contribution in [2.75, 3.05) is 6.54 Å². The van der Waals surface area contributed by atoms with Crippen LogP contribution < -0.4 is 5.32 Å². The Bertz CT molecular complexity index is 389. The van der Waals surface area contributed by atoms with Crippen LogP contribution in [0.25, 0.3) is 0 Å². The summed E-state index contributed by atoms with van der Waals surface area (Å²) in [5.41, 5.74) is 2.20. The molecule has 3 heteroatoms. The van der Waals surface area contributed by atoms with Gasteiger partial charge in [0.2, 0.25) is 0 Å². The van der Waals surface area contributed by atoms with E-state index in [9.17, 15) is 0 Å². The Balaban J connectivity index is 1.88. The van der Waals surface area contributed by atoms with Gasteiger partial charge in [0.25, 0.3) is 0 Å². The van der Waals surface area contributed by atoms with Crippen LogP contribution in [0.4, 0.5) is 0 Å². The maximum absolute atomic E-state index is 4.21. The van der Waals surface area contributed by atoms with Crippen molar-refractivity contribution in [1.29, 1.82) is 0 Å². The second-order valence-electron chi connectivity index (χ2n) is 6.57. The summed E-state index contributed by atoms with van der Waals surface area (Å²) in [5.74, 6) is 0.772. The maximum atomic E-state index is 4.21. The van der Waals surface area contributed by atoms with Gasteiger partial charge in [-0.25, -0.2) is 0 Å². The molecule has 1 aliphatic rings. The number of aromatic nitrogens is 2. The van der Waals surface area contributed by atoms with Crippen LogP contribution in [0.5, 0.6) is 0 Å². The summed E-state index contributed by atoms with van der Waals surface area (Å²) in [6.45, 7) is 12.8. The number of hydrogen-bond donors (Lipinski definition) is 1. The third-order valence-electron chi connectivity index (χ3n) is 5.17. The summed E-state index contributed by atoms with van der Waals surface area (Å²) in [6.07, 6.45) is 4.03. The Morgan fingerprint density at radius 1 is 1.35 bits per heavy atom. The summed E-state index contributed by atoms with van der Waals surface area (Å²) >= 11 is 0. The molecule has 1 aliphatic carbocycles. The van der Waals surface area contributed by atoms with Crippen LogP contribution >= 0.6 is 0 Å². The molecule has 1 saturated carbocycles. The molecular weight excluding hydrogens is 210 g/mol. The fourth-order valence-corrected chi connectivity index (χ4v) is 2.92. The van der Waals surface area contributed by atoms with Gasteiger partial charge in [0.15, 0.2) is 0 Å². The molecule has 1 unspecified atom stereocenters. The molecule has 0 radical (unpaired) electrons.